The zero-order valence-corrected chi connectivity index (χ0v) is 26.0. The van der Waals surface area contributed by atoms with Crippen LogP contribution in [0.1, 0.15) is 43.9 Å². The summed E-state index contributed by atoms with van der Waals surface area (Å²) in [6, 6.07) is 17.0. The Balaban J connectivity index is 1.03. The molecule has 2 aliphatic heterocycles. The number of phenols is 1. The predicted molar refractivity (Wildman–Crippen MR) is 166 cm³/mol. The fourth-order valence-electron chi connectivity index (χ4n) is 4.84. The zero-order valence-electron chi connectivity index (χ0n) is 26.0. The first-order chi connectivity index (χ1) is 23.7. The van der Waals surface area contributed by atoms with Gasteiger partial charge in [-0.05, 0) is 85.6 Å². The van der Waals surface area contributed by atoms with Gasteiger partial charge < -0.3 is 43.0 Å². The van der Waals surface area contributed by atoms with Gasteiger partial charge >= 0.3 is 30.0 Å². The molecule has 0 aromatic heterocycles. The molecule has 3 aromatic carbocycles. The van der Waals surface area contributed by atoms with Gasteiger partial charge in [0, 0.05) is 6.08 Å². The molecule has 2 saturated heterocycles. The number of carbonyl (C=O) groups excluding carboxylic acids is 5. The molecule has 14 heteroatoms. The Labute approximate surface area is 280 Å². The molecule has 0 aliphatic carbocycles. The number of aromatic hydroxyl groups is 1. The summed E-state index contributed by atoms with van der Waals surface area (Å²) in [6.07, 6.45) is -1.59. The highest BCUT2D eigenvalue weighted by Gasteiger charge is 2.51. The summed E-state index contributed by atoms with van der Waals surface area (Å²) in [5, 5.41) is 9.42. The van der Waals surface area contributed by atoms with Crippen LogP contribution in [0.3, 0.4) is 0 Å². The van der Waals surface area contributed by atoms with Crippen molar-refractivity contribution in [2.45, 2.75) is 37.3 Å². The summed E-state index contributed by atoms with van der Waals surface area (Å²) in [7, 11) is 0. The normalized spacial score (nSPS) is 19.2. The van der Waals surface area contributed by atoms with Gasteiger partial charge in [0.2, 0.25) is 0 Å². The standard InChI is InChI=1S/C35H32O14/c1-2-29(37)42-17-3-4-18-43-35(41)47-26-15-9-22(10-16-26)32(38)46-25-13-7-23(8-14-25)34(40)49-28-20-45-30-27(19-44-31(28)30)48-33(39)21-5-11-24(36)12-6-21/h2,5-16,27-28,30-31,36H,1,3-4,17-20H2/t27-,28?,30+,31+/m0/s1. The van der Waals surface area contributed by atoms with E-state index in [1.165, 1.54) is 72.8 Å². The van der Waals surface area contributed by atoms with Crippen LogP contribution in [0.25, 0.3) is 0 Å². The van der Waals surface area contributed by atoms with Crippen molar-refractivity contribution in [3.63, 3.8) is 0 Å². The Morgan fingerprint density at radius 1 is 0.653 bits per heavy atom. The fraction of sp³-hybridized carbons (Fsp3) is 0.286. The molecule has 4 atom stereocenters. The van der Waals surface area contributed by atoms with Crippen molar-refractivity contribution in [1.82, 2.24) is 0 Å². The topological polar surface area (TPSA) is 179 Å². The third-order valence-electron chi connectivity index (χ3n) is 7.34. The molecule has 49 heavy (non-hydrogen) atoms. The maximum Gasteiger partial charge on any atom is 0.513 e. The molecule has 0 radical (unpaired) electrons. The minimum atomic E-state index is -0.926. The van der Waals surface area contributed by atoms with Crippen molar-refractivity contribution in [2.24, 2.45) is 0 Å². The van der Waals surface area contributed by atoms with Gasteiger partial charge in [-0.1, -0.05) is 6.58 Å². The molecule has 2 heterocycles. The zero-order chi connectivity index (χ0) is 34.8. The maximum atomic E-state index is 12.8. The van der Waals surface area contributed by atoms with Gasteiger partial charge in [-0.25, -0.2) is 24.0 Å². The highest BCUT2D eigenvalue weighted by molar-refractivity contribution is 5.92. The van der Waals surface area contributed by atoms with E-state index in [0.717, 1.165) is 6.08 Å². The molecule has 2 fully saturated rings. The summed E-state index contributed by atoms with van der Waals surface area (Å²) in [5.41, 5.74) is 0.633. The Morgan fingerprint density at radius 3 is 1.61 bits per heavy atom. The van der Waals surface area contributed by atoms with E-state index < -0.39 is 54.4 Å². The SMILES string of the molecule is C=CC(=O)OCCCCOC(=O)Oc1ccc(C(=O)Oc2ccc(C(=O)OC3CO[C@@H]4[C@@H](OC(=O)c5ccc(O)cc5)CO[C@H]34)cc2)cc1. The Hall–Kier alpha value is -5.73. The first-order valence-corrected chi connectivity index (χ1v) is 15.2. The van der Waals surface area contributed by atoms with Crippen LogP contribution in [0.15, 0.2) is 85.5 Å². The number of rotatable bonds is 13. The van der Waals surface area contributed by atoms with Crippen molar-refractivity contribution in [3.05, 3.63) is 102 Å². The van der Waals surface area contributed by atoms with Crippen molar-refractivity contribution in [1.29, 1.82) is 0 Å². The van der Waals surface area contributed by atoms with E-state index in [0.29, 0.717) is 12.8 Å². The lowest BCUT2D eigenvalue weighted by molar-refractivity contribution is -0.137. The Bertz CT molecular complexity index is 1650. The van der Waals surface area contributed by atoms with Crippen LogP contribution < -0.4 is 9.47 Å². The monoisotopic (exact) mass is 676 g/mol. The minimum Gasteiger partial charge on any atom is -0.508 e. The second-order valence-electron chi connectivity index (χ2n) is 10.7. The van der Waals surface area contributed by atoms with Gasteiger partial charge in [0.1, 0.15) is 29.5 Å². The first-order valence-electron chi connectivity index (χ1n) is 15.2. The van der Waals surface area contributed by atoms with Gasteiger partial charge in [-0.2, -0.15) is 0 Å². The van der Waals surface area contributed by atoms with E-state index in [-0.39, 0.29) is 60.4 Å². The predicted octanol–water partition coefficient (Wildman–Crippen LogP) is 4.18. The molecule has 1 N–H and O–H groups in total. The third kappa shape index (κ3) is 9.43. The fourth-order valence-corrected chi connectivity index (χ4v) is 4.84. The van der Waals surface area contributed by atoms with Crippen molar-refractivity contribution < 1.29 is 67.0 Å². The molecule has 1 unspecified atom stereocenters. The average molecular weight is 677 g/mol. The van der Waals surface area contributed by atoms with Crippen LogP contribution in [-0.2, 0) is 33.2 Å². The molecule has 0 bridgehead atoms. The molecular weight excluding hydrogens is 644 g/mol. The van der Waals surface area contributed by atoms with Crippen LogP contribution in [0.2, 0.25) is 0 Å². The van der Waals surface area contributed by atoms with E-state index in [2.05, 4.69) is 6.58 Å². The van der Waals surface area contributed by atoms with E-state index in [9.17, 15) is 29.1 Å². The third-order valence-corrected chi connectivity index (χ3v) is 7.34. The van der Waals surface area contributed by atoms with Crippen LogP contribution >= 0.6 is 0 Å². The van der Waals surface area contributed by atoms with Gasteiger partial charge in [0.05, 0.1) is 43.1 Å². The summed E-state index contributed by atoms with van der Waals surface area (Å²) >= 11 is 0. The lowest BCUT2D eigenvalue weighted by atomic mass is 10.1. The van der Waals surface area contributed by atoms with Gasteiger partial charge in [-0.15, -0.1) is 0 Å². The lowest BCUT2D eigenvalue weighted by Crippen LogP contribution is -2.36. The molecule has 256 valence electrons. The molecule has 3 aromatic rings. The summed E-state index contributed by atoms with van der Waals surface area (Å²) in [6.45, 7) is 3.65. The first kappa shape index (κ1) is 34.6. The summed E-state index contributed by atoms with van der Waals surface area (Å²) < 4.78 is 42.9. The number of fused-ring (bicyclic) bond motifs is 1. The van der Waals surface area contributed by atoms with Gasteiger partial charge in [0.15, 0.2) is 12.2 Å². The number of ether oxygens (including phenoxy) is 8. The van der Waals surface area contributed by atoms with Crippen LogP contribution in [-0.4, -0.2) is 86.0 Å². The van der Waals surface area contributed by atoms with Crippen molar-refractivity contribution >= 4 is 30.0 Å². The second kappa shape index (κ2) is 16.4. The minimum absolute atomic E-state index is 0.0218. The number of hydrogen-bond acceptors (Lipinski definition) is 14. The van der Waals surface area contributed by atoms with Crippen LogP contribution in [0.5, 0.6) is 17.2 Å². The molecule has 0 saturated carbocycles. The number of unbranched alkanes of at least 4 members (excludes halogenated alkanes) is 1. The van der Waals surface area contributed by atoms with E-state index in [4.69, 9.17) is 37.9 Å². The van der Waals surface area contributed by atoms with Crippen molar-refractivity contribution in [3.8, 4) is 17.2 Å². The summed E-state index contributed by atoms with van der Waals surface area (Å²) in [4.78, 5) is 60.8. The molecule has 14 nitrogen and oxygen atoms in total. The largest absolute Gasteiger partial charge is 0.513 e. The smallest absolute Gasteiger partial charge is 0.508 e. The average Bonchev–Trinajstić information content (AvgIpc) is 3.69. The van der Waals surface area contributed by atoms with Gasteiger partial charge in [0.25, 0.3) is 0 Å². The molecule has 5 rings (SSSR count). The van der Waals surface area contributed by atoms with E-state index in [1.54, 1.807) is 0 Å². The highest BCUT2D eigenvalue weighted by Crippen LogP contribution is 2.32. The number of hydrogen-bond donors (Lipinski definition) is 1. The van der Waals surface area contributed by atoms with Crippen molar-refractivity contribution in [2.75, 3.05) is 26.4 Å². The molecule has 2 aliphatic rings. The second-order valence-corrected chi connectivity index (χ2v) is 10.7. The quantitative estimate of drug-likeness (QED) is 0.0680. The number of phenolic OH excluding ortho intramolecular Hbond substituents is 1. The van der Waals surface area contributed by atoms with Crippen LogP contribution in [0, 0.1) is 0 Å². The van der Waals surface area contributed by atoms with Crippen LogP contribution in [0.4, 0.5) is 4.79 Å². The Morgan fingerprint density at radius 2 is 1.10 bits per heavy atom. The van der Waals surface area contributed by atoms with E-state index in [1.807, 2.05) is 0 Å². The highest BCUT2D eigenvalue weighted by atomic mass is 16.7. The number of benzene rings is 3. The molecular formula is C35H32O14. The number of carbonyl (C=O) groups is 5. The Kier molecular flexibility index (Phi) is 11.6. The summed E-state index contributed by atoms with van der Waals surface area (Å²) in [5.74, 6) is -2.11. The molecule has 0 amide bonds. The maximum absolute atomic E-state index is 12.8. The molecule has 0 spiro atoms. The lowest BCUT2D eigenvalue weighted by Gasteiger charge is -2.17. The van der Waals surface area contributed by atoms with Gasteiger partial charge in [-0.3, -0.25) is 0 Å². The number of esters is 4. The van der Waals surface area contributed by atoms with E-state index >= 15 is 0 Å².